The Balaban J connectivity index is 1.81. The maximum Gasteiger partial charge on any atom is 0.226 e. The van der Waals surface area contributed by atoms with Crippen LogP contribution in [0.1, 0.15) is 17.5 Å². The van der Waals surface area contributed by atoms with Crippen molar-refractivity contribution in [2.24, 2.45) is 0 Å². The average Bonchev–Trinajstić information content (AvgIpc) is 2.41. The summed E-state index contributed by atoms with van der Waals surface area (Å²) in [5.41, 5.74) is 4.32. The van der Waals surface area contributed by atoms with E-state index < -0.39 is 0 Å². The molecule has 0 radical (unpaired) electrons. The minimum Gasteiger partial charge on any atom is -0.384 e. The van der Waals surface area contributed by atoms with E-state index in [4.69, 9.17) is 0 Å². The number of benzene rings is 2. The summed E-state index contributed by atoms with van der Waals surface area (Å²) in [6, 6.07) is 13.8. The van der Waals surface area contributed by atoms with E-state index >= 15 is 0 Å². The molecular formula is C17H19BrN2O. The molecule has 0 aliphatic rings. The molecule has 0 saturated heterocycles. The summed E-state index contributed by atoms with van der Waals surface area (Å²) >= 11 is 3.39. The monoisotopic (exact) mass is 346 g/mol. The molecule has 1 amide bonds. The lowest BCUT2D eigenvalue weighted by atomic mass is 10.1. The number of rotatable bonds is 5. The maximum absolute atomic E-state index is 11.9. The third-order valence-electron chi connectivity index (χ3n) is 3.16. The van der Waals surface area contributed by atoms with Crippen LogP contribution >= 0.6 is 15.9 Å². The van der Waals surface area contributed by atoms with E-state index in [0.717, 1.165) is 15.8 Å². The van der Waals surface area contributed by atoms with Crippen LogP contribution < -0.4 is 10.6 Å². The Kier molecular flexibility index (Phi) is 5.39. The molecule has 0 aromatic heterocycles. The number of nitrogens with one attached hydrogen (secondary N) is 2. The summed E-state index contributed by atoms with van der Waals surface area (Å²) in [6.07, 6.45) is 0.430. The lowest BCUT2D eigenvalue weighted by Gasteiger charge is -2.10. The van der Waals surface area contributed by atoms with Gasteiger partial charge in [0.1, 0.15) is 0 Å². The third-order valence-corrected chi connectivity index (χ3v) is 3.65. The smallest absolute Gasteiger partial charge is 0.226 e. The van der Waals surface area contributed by atoms with Crippen molar-refractivity contribution < 1.29 is 4.79 Å². The Labute approximate surface area is 133 Å². The highest BCUT2D eigenvalue weighted by molar-refractivity contribution is 9.10. The van der Waals surface area contributed by atoms with Crippen LogP contribution in [0.15, 0.2) is 46.9 Å². The Morgan fingerprint density at radius 1 is 1.14 bits per heavy atom. The molecule has 4 heteroatoms. The van der Waals surface area contributed by atoms with Crippen LogP contribution in [-0.4, -0.2) is 12.5 Å². The molecule has 0 saturated carbocycles. The van der Waals surface area contributed by atoms with E-state index in [1.165, 1.54) is 11.1 Å². The van der Waals surface area contributed by atoms with E-state index in [1.54, 1.807) is 0 Å². The molecule has 2 aromatic carbocycles. The van der Waals surface area contributed by atoms with E-state index in [9.17, 15) is 4.79 Å². The second kappa shape index (κ2) is 7.27. The van der Waals surface area contributed by atoms with Crippen LogP contribution in [0.3, 0.4) is 0 Å². The van der Waals surface area contributed by atoms with Gasteiger partial charge in [-0.3, -0.25) is 4.79 Å². The summed E-state index contributed by atoms with van der Waals surface area (Å²) in [5.74, 6) is 0.00497. The van der Waals surface area contributed by atoms with Gasteiger partial charge >= 0.3 is 0 Å². The van der Waals surface area contributed by atoms with Crippen molar-refractivity contribution >= 4 is 33.2 Å². The molecule has 0 fully saturated rings. The first-order valence-corrected chi connectivity index (χ1v) is 7.70. The van der Waals surface area contributed by atoms with Crippen molar-refractivity contribution in [3.63, 3.8) is 0 Å². The largest absolute Gasteiger partial charge is 0.384 e. The van der Waals surface area contributed by atoms with Gasteiger partial charge in [-0.25, -0.2) is 0 Å². The Morgan fingerprint density at radius 2 is 1.95 bits per heavy atom. The quantitative estimate of drug-likeness (QED) is 0.836. The number of amides is 1. The topological polar surface area (TPSA) is 41.1 Å². The lowest BCUT2D eigenvalue weighted by molar-refractivity contribution is -0.115. The van der Waals surface area contributed by atoms with Gasteiger partial charge in [0.05, 0.1) is 0 Å². The molecule has 2 aromatic rings. The zero-order valence-electron chi connectivity index (χ0n) is 12.2. The first-order chi connectivity index (χ1) is 10.0. The van der Waals surface area contributed by atoms with Crippen LogP contribution in [0.2, 0.25) is 0 Å². The van der Waals surface area contributed by atoms with Gasteiger partial charge in [-0.05, 0) is 43.7 Å². The number of carbonyl (C=O) groups excluding carboxylic acids is 1. The standard InChI is InChI=1S/C17H19BrN2O/c1-12-6-7-16(13(2)10-12)19-9-8-17(21)20-15-5-3-4-14(18)11-15/h3-7,10-11,19H,8-9H2,1-2H3,(H,20,21). The minimum absolute atomic E-state index is 0.00497. The van der Waals surface area contributed by atoms with Crippen molar-refractivity contribution in [2.45, 2.75) is 20.3 Å². The normalized spacial score (nSPS) is 10.2. The molecule has 110 valence electrons. The zero-order chi connectivity index (χ0) is 15.2. The fourth-order valence-electron chi connectivity index (χ4n) is 2.11. The first kappa shape index (κ1) is 15.6. The summed E-state index contributed by atoms with van der Waals surface area (Å²) < 4.78 is 0.953. The second-order valence-electron chi connectivity index (χ2n) is 5.05. The number of halogens is 1. The maximum atomic E-state index is 11.9. The molecule has 0 bridgehead atoms. The molecule has 3 nitrogen and oxygen atoms in total. The van der Waals surface area contributed by atoms with Crippen LogP contribution in [-0.2, 0) is 4.79 Å². The van der Waals surface area contributed by atoms with E-state index in [0.29, 0.717) is 13.0 Å². The summed E-state index contributed by atoms with van der Waals surface area (Å²) in [4.78, 5) is 11.9. The molecule has 0 spiro atoms. The van der Waals surface area contributed by atoms with Gasteiger partial charge in [0.25, 0.3) is 0 Å². The predicted octanol–water partition coefficient (Wildman–Crippen LogP) is 4.51. The average molecular weight is 347 g/mol. The molecule has 0 unspecified atom stereocenters. The molecule has 0 aliphatic heterocycles. The van der Waals surface area contributed by atoms with Gasteiger partial charge < -0.3 is 10.6 Å². The Hall–Kier alpha value is -1.81. The fourth-order valence-corrected chi connectivity index (χ4v) is 2.51. The van der Waals surface area contributed by atoms with E-state index in [1.807, 2.05) is 24.3 Å². The van der Waals surface area contributed by atoms with Gasteiger partial charge in [0, 0.05) is 28.8 Å². The number of carbonyl (C=O) groups is 1. The van der Waals surface area contributed by atoms with Crippen molar-refractivity contribution in [3.05, 3.63) is 58.1 Å². The van der Waals surface area contributed by atoms with E-state index in [-0.39, 0.29) is 5.91 Å². The molecule has 21 heavy (non-hydrogen) atoms. The minimum atomic E-state index is 0.00497. The summed E-state index contributed by atoms with van der Waals surface area (Å²) in [6.45, 7) is 4.75. The van der Waals surface area contributed by atoms with Crippen molar-refractivity contribution in [3.8, 4) is 0 Å². The van der Waals surface area contributed by atoms with Crippen LogP contribution in [0.5, 0.6) is 0 Å². The molecule has 0 heterocycles. The van der Waals surface area contributed by atoms with Gasteiger partial charge in [0.2, 0.25) is 5.91 Å². The summed E-state index contributed by atoms with van der Waals surface area (Å²) in [7, 11) is 0. The number of hydrogen-bond acceptors (Lipinski definition) is 2. The van der Waals surface area contributed by atoms with Crippen LogP contribution in [0, 0.1) is 13.8 Å². The molecule has 2 N–H and O–H groups in total. The molecule has 0 aliphatic carbocycles. The van der Waals surface area contributed by atoms with E-state index in [2.05, 4.69) is 58.6 Å². The van der Waals surface area contributed by atoms with Crippen molar-refractivity contribution in [1.82, 2.24) is 0 Å². The van der Waals surface area contributed by atoms with Crippen LogP contribution in [0.4, 0.5) is 11.4 Å². The Morgan fingerprint density at radius 3 is 2.67 bits per heavy atom. The second-order valence-corrected chi connectivity index (χ2v) is 5.97. The highest BCUT2D eigenvalue weighted by atomic mass is 79.9. The Bertz CT molecular complexity index is 640. The van der Waals surface area contributed by atoms with Gasteiger partial charge in [-0.1, -0.05) is 39.7 Å². The van der Waals surface area contributed by atoms with Crippen LogP contribution in [0.25, 0.3) is 0 Å². The highest BCUT2D eigenvalue weighted by Crippen LogP contribution is 2.17. The van der Waals surface area contributed by atoms with Crippen molar-refractivity contribution in [2.75, 3.05) is 17.2 Å². The zero-order valence-corrected chi connectivity index (χ0v) is 13.8. The summed E-state index contributed by atoms with van der Waals surface area (Å²) in [5, 5.41) is 6.18. The molecular weight excluding hydrogens is 328 g/mol. The van der Waals surface area contributed by atoms with Gasteiger partial charge in [-0.2, -0.15) is 0 Å². The number of aryl methyl sites for hydroxylation is 2. The van der Waals surface area contributed by atoms with Crippen molar-refractivity contribution in [1.29, 1.82) is 0 Å². The molecule has 2 rings (SSSR count). The van der Waals surface area contributed by atoms with Gasteiger partial charge in [0.15, 0.2) is 0 Å². The third kappa shape index (κ3) is 4.90. The highest BCUT2D eigenvalue weighted by Gasteiger charge is 2.03. The van der Waals surface area contributed by atoms with Gasteiger partial charge in [-0.15, -0.1) is 0 Å². The first-order valence-electron chi connectivity index (χ1n) is 6.91. The predicted molar refractivity (Wildman–Crippen MR) is 91.8 cm³/mol. The number of hydrogen-bond donors (Lipinski definition) is 2. The SMILES string of the molecule is Cc1ccc(NCCC(=O)Nc2cccc(Br)c2)c(C)c1. The molecule has 0 atom stereocenters. The lowest BCUT2D eigenvalue weighted by Crippen LogP contribution is -2.16. The number of anilines is 2. The fraction of sp³-hybridized carbons (Fsp3) is 0.235.